The molecule has 0 radical (unpaired) electrons. The predicted molar refractivity (Wildman–Crippen MR) is 137 cm³/mol. The first kappa shape index (κ1) is 24.9. The van der Waals surface area contributed by atoms with E-state index in [0.717, 1.165) is 28.1 Å². The number of benzene rings is 2. The summed E-state index contributed by atoms with van der Waals surface area (Å²) in [6.07, 6.45) is 0. The van der Waals surface area contributed by atoms with Gasteiger partial charge < -0.3 is 10.1 Å². The molecule has 1 amide bonds. The van der Waals surface area contributed by atoms with E-state index in [4.69, 9.17) is 4.74 Å². The monoisotopic (exact) mass is 485 g/mol. The zero-order valence-electron chi connectivity index (χ0n) is 21.1. The van der Waals surface area contributed by atoms with E-state index >= 15 is 0 Å². The number of hydrogen-bond acceptors (Lipinski definition) is 5. The number of aromatic nitrogens is 4. The lowest BCUT2D eigenvalue weighted by Crippen LogP contribution is -2.29. The Morgan fingerprint density at radius 2 is 1.31 bits per heavy atom. The van der Waals surface area contributed by atoms with Crippen LogP contribution in [-0.2, 0) is 29.2 Å². The second kappa shape index (κ2) is 11.0. The first-order valence-electron chi connectivity index (χ1n) is 11.9. The third-order valence-electron chi connectivity index (χ3n) is 6.26. The zero-order valence-corrected chi connectivity index (χ0v) is 21.1. The van der Waals surface area contributed by atoms with Gasteiger partial charge >= 0.3 is 5.97 Å². The van der Waals surface area contributed by atoms with E-state index in [9.17, 15) is 9.59 Å². The van der Waals surface area contributed by atoms with E-state index in [-0.39, 0.29) is 12.5 Å². The lowest BCUT2D eigenvalue weighted by molar-refractivity contribution is -0.124. The number of ether oxygens (including phenoxy) is 1. The van der Waals surface area contributed by atoms with Gasteiger partial charge in [-0.3, -0.25) is 14.2 Å². The molecule has 2 heterocycles. The Kier molecular flexibility index (Phi) is 7.63. The van der Waals surface area contributed by atoms with E-state index in [1.54, 1.807) is 11.6 Å². The molecule has 0 spiro atoms. The molecule has 2 aromatic heterocycles. The van der Waals surface area contributed by atoms with Gasteiger partial charge in [0.25, 0.3) is 5.91 Å². The highest BCUT2D eigenvalue weighted by atomic mass is 16.5. The molecule has 36 heavy (non-hydrogen) atoms. The summed E-state index contributed by atoms with van der Waals surface area (Å²) in [6, 6.07) is 20.0. The largest absolute Gasteiger partial charge is 0.452 e. The zero-order chi connectivity index (χ0) is 25.7. The molecule has 0 unspecified atom stereocenters. The van der Waals surface area contributed by atoms with Crippen LogP contribution in [-0.4, -0.2) is 38.0 Å². The molecule has 2 aromatic carbocycles. The number of aryl methyl sites for hydroxylation is 2. The lowest BCUT2D eigenvalue weighted by Gasteiger charge is -2.09. The van der Waals surface area contributed by atoms with Crippen LogP contribution in [0.5, 0.6) is 0 Å². The van der Waals surface area contributed by atoms with Crippen molar-refractivity contribution < 1.29 is 14.3 Å². The van der Waals surface area contributed by atoms with Crippen molar-refractivity contribution in [2.45, 2.75) is 47.3 Å². The Hall–Kier alpha value is -4.20. The Morgan fingerprint density at radius 3 is 1.89 bits per heavy atom. The molecule has 0 aliphatic rings. The quantitative estimate of drug-likeness (QED) is 0.363. The van der Waals surface area contributed by atoms with Crippen LogP contribution in [0.15, 0.2) is 60.7 Å². The summed E-state index contributed by atoms with van der Waals surface area (Å²) in [6.45, 7) is 8.68. The summed E-state index contributed by atoms with van der Waals surface area (Å²) in [4.78, 5) is 25.2. The molecule has 8 heteroatoms. The molecule has 4 rings (SSSR count). The van der Waals surface area contributed by atoms with Gasteiger partial charge in [0.2, 0.25) is 0 Å². The highest BCUT2D eigenvalue weighted by molar-refractivity contribution is 5.93. The molecule has 0 saturated carbocycles. The molecule has 4 aromatic rings. The molecule has 0 atom stereocenters. The first-order valence-corrected chi connectivity index (χ1v) is 11.9. The number of amides is 1. The Labute approximate surface area is 210 Å². The van der Waals surface area contributed by atoms with Gasteiger partial charge in [-0.25, -0.2) is 4.79 Å². The highest BCUT2D eigenvalue weighted by Crippen LogP contribution is 2.17. The molecule has 0 aliphatic carbocycles. The van der Waals surface area contributed by atoms with Crippen LogP contribution in [0, 0.1) is 27.7 Å². The summed E-state index contributed by atoms with van der Waals surface area (Å²) >= 11 is 0. The smallest absolute Gasteiger partial charge is 0.342 e. The fourth-order valence-corrected chi connectivity index (χ4v) is 4.24. The molecule has 8 nitrogen and oxygen atoms in total. The Balaban J connectivity index is 1.32. The Bertz CT molecular complexity index is 1360. The van der Waals surface area contributed by atoms with Gasteiger partial charge in [0.1, 0.15) is 5.56 Å². The maximum Gasteiger partial charge on any atom is 0.342 e. The highest BCUT2D eigenvalue weighted by Gasteiger charge is 2.21. The van der Waals surface area contributed by atoms with E-state index in [0.29, 0.717) is 36.6 Å². The van der Waals surface area contributed by atoms with Crippen molar-refractivity contribution in [2.24, 2.45) is 0 Å². The van der Waals surface area contributed by atoms with Crippen molar-refractivity contribution in [1.29, 1.82) is 0 Å². The molecule has 1 N–H and O–H groups in total. The fourth-order valence-electron chi connectivity index (χ4n) is 4.24. The van der Waals surface area contributed by atoms with Crippen LogP contribution >= 0.6 is 0 Å². The van der Waals surface area contributed by atoms with Crippen LogP contribution in [0.4, 0.5) is 0 Å². The Morgan fingerprint density at radius 1 is 0.778 bits per heavy atom. The van der Waals surface area contributed by atoms with E-state index in [1.165, 1.54) is 0 Å². The second-order valence-corrected chi connectivity index (χ2v) is 8.83. The fraction of sp³-hybridized carbons (Fsp3) is 0.286. The van der Waals surface area contributed by atoms with E-state index in [2.05, 4.69) is 27.6 Å². The van der Waals surface area contributed by atoms with Crippen LogP contribution < -0.4 is 5.32 Å². The van der Waals surface area contributed by atoms with E-state index < -0.39 is 5.97 Å². The van der Waals surface area contributed by atoms with Crippen molar-refractivity contribution >= 4 is 11.9 Å². The average Bonchev–Trinajstić information content (AvgIpc) is 3.30. The number of esters is 1. The lowest BCUT2D eigenvalue weighted by atomic mass is 10.2. The molecule has 0 fully saturated rings. The van der Waals surface area contributed by atoms with Crippen LogP contribution in [0.3, 0.4) is 0 Å². The van der Waals surface area contributed by atoms with Gasteiger partial charge in [-0.1, -0.05) is 60.7 Å². The minimum absolute atomic E-state index is 0.315. The third kappa shape index (κ3) is 5.71. The molecule has 0 aliphatic heterocycles. The molecular formula is C28H31N5O3. The van der Waals surface area contributed by atoms with E-state index in [1.807, 2.05) is 74.0 Å². The van der Waals surface area contributed by atoms with Gasteiger partial charge in [-0.2, -0.15) is 10.2 Å². The normalized spacial score (nSPS) is 10.9. The van der Waals surface area contributed by atoms with Gasteiger partial charge in [0, 0.05) is 17.8 Å². The number of nitrogens with zero attached hydrogens (tertiary/aromatic N) is 4. The van der Waals surface area contributed by atoms with Crippen molar-refractivity contribution in [3.63, 3.8) is 0 Å². The van der Waals surface area contributed by atoms with Crippen LogP contribution in [0.25, 0.3) is 0 Å². The van der Waals surface area contributed by atoms with Crippen molar-refractivity contribution in [3.05, 3.63) is 106 Å². The van der Waals surface area contributed by atoms with Gasteiger partial charge in [-0.15, -0.1) is 0 Å². The predicted octanol–water partition coefficient (Wildman–Crippen LogP) is 3.88. The minimum Gasteiger partial charge on any atom is -0.452 e. The summed E-state index contributed by atoms with van der Waals surface area (Å²) in [7, 11) is 0. The summed E-state index contributed by atoms with van der Waals surface area (Å²) in [5, 5.41) is 11.9. The van der Waals surface area contributed by atoms with Gasteiger partial charge in [0.15, 0.2) is 6.61 Å². The molecular weight excluding hydrogens is 454 g/mol. The molecule has 0 saturated heterocycles. The SMILES string of the molecule is Cc1nn(Cc2ccccc2)c(C)c1CNC(=O)COC(=O)c1c(C)nn(Cc2ccccc2)c1C. The number of carbonyl (C=O) groups is 2. The summed E-state index contributed by atoms with van der Waals surface area (Å²) < 4.78 is 9.04. The number of nitrogens with one attached hydrogen (secondary N) is 1. The van der Waals surface area contributed by atoms with Crippen molar-refractivity contribution in [1.82, 2.24) is 24.9 Å². The topological polar surface area (TPSA) is 91.0 Å². The number of hydrogen-bond donors (Lipinski definition) is 1. The third-order valence-corrected chi connectivity index (χ3v) is 6.26. The van der Waals surface area contributed by atoms with Crippen LogP contribution in [0.1, 0.15) is 49.8 Å². The maximum atomic E-state index is 12.7. The molecule has 0 bridgehead atoms. The number of carbonyl (C=O) groups excluding carboxylic acids is 2. The van der Waals surface area contributed by atoms with Crippen molar-refractivity contribution in [3.8, 4) is 0 Å². The van der Waals surface area contributed by atoms with Gasteiger partial charge in [-0.05, 0) is 38.8 Å². The van der Waals surface area contributed by atoms with Gasteiger partial charge in [0.05, 0.1) is 30.2 Å². The average molecular weight is 486 g/mol. The molecule has 186 valence electrons. The van der Waals surface area contributed by atoms with Crippen LogP contribution in [0.2, 0.25) is 0 Å². The summed E-state index contributed by atoms with van der Waals surface area (Å²) in [5.41, 5.74) is 6.73. The standard InChI is InChI=1S/C28H31N5O3/c1-19-25(21(3)32(30-19)16-23-11-7-5-8-12-23)15-29-26(34)18-36-28(35)27-20(2)31-33(22(27)4)17-24-13-9-6-10-14-24/h5-14H,15-18H2,1-4H3,(H,29,34). The second-order valence-electron chi connectivity index (χ2n) is 8.83. The number of rotatable bonds is 9. The maximum absolute atomic E-state index is 12.7. The van der Waals surface area contributed by atoms with Crippen molar-refractivity contribution in [2.75, 3.05) is 6.61 Å². The summed E-state index contributed by atoms with van der Waals surface area (Å²) in [5.74, 6) is -0.924. The minimum atomic E-state index is -0.553. The first-order chi connectivity index (χ1) is 17.3.